The summed E-state index contributed by atoms with van der Waals surface area (Å²) < 4.78 is 1.12. The van der Waals surface area contributed by atoms with Crippen LogP contribution in [0.15, 0.2) is 40.9 Å². The van der Waals surface area contributed by atoms with Crippen LogP contribution in [0.2, 0.25) is 0 Å². The van der Waals surface area contributed by atoms with E-state index in [2.05, 4.69) is 41.9 Å². The van der Waals surface area contributed by atoms with Gasteiger partial charge in [0.15, 0.2) is 0 Å². The molecule has 0 N–H and O–H groups in total. The van der Waals surface area contributed by atoms with Crippen molar-refractivity contribution in [3.05, 3.63) is 63.1 Å². The summed E-state index contributed by atoms with van der Waals surface area (Å²) in [7, 11) is 0. The Morgan fingerprint density at radius 1 is 1.10 bits per heavy atom. The Bertz CT molecular complexity index is 670. The lowest BCUT2D eigenvalue weighted by molar-refractivity contribution is 0.0980. The zero-order valence-electron chi connectivity index (χ0n) is 11.6. The van der Waals surface area contributed by atoms with Gasteiger partial charge in [0.1, 0.15) is 0 Å². The van der Waals surface area contributed by atoms with E-state index in [1.165, 1.54) is 0 Å². The molecule has 0 fully saturated rings. The molecule has 1 amide bonds. The number of carbonyl (C=O) groups excluding carboxylic acids is 1. The van der Waals surface area contributed by atoms with E-state index in [0.717, 1.165) is 45.4 Å². The number of rotatable bonds is 1. The number of benzene rings is 2. The summed E-state index contributed by atoms with van der Waals surface area (Å²) in [6, 6.07) is 12.0. The number of hydrogen-bond donors (Lipinski definition) is 0. The molecular weight excluding hydrogens is 314 g/mol. The summed E-state index contributed by atoms with van der Waals surface area (Å²) in [5, 5.41) is 0. The van der Waals surface area contributed by atoms with E-state index in [1.54, 1.807) is 0 Å². The second-order valence-electron chi connectivity index (χ2n) is 5.26. The molecule has 20 heavy (non-hydrogen) atoms. The molecule has 102 valence electrons. The molecule has 1 aliphatic rings. The minimum atomic E-state index is 0.105. The van der Waals surface area contributed by atoms with Crippen LogP contribution in [0.4, 0.5) is 5.69 Å². The maximum absolute atomic E-state index is 12.6. The van der Waals surface area contributed by atoms with Gasteiger partial charge in [-0.05, 0) is 55.2 Å². The first-order chi connectivity index (χ1) is 9.58. The summed E-state index contributed by atoms with van der Waals surface area (Å²) in [5.41, 5.74) is 5.29. The zero-order valence-corrected chi connectivity index (χ0v) is 13.2. The van der Waals surface area contributed by atoms with Crippen molar-refractivity contribution in [2.75, 3.05) is 11.4 Å². The highest BCUT2D eigenvalue weighted by molar-refractivity contribution is 9.10. The van der Waals surface area contributed by atoms with Crippen molar-refractivity contribution in [1.82, 2.24) is 0 Å². The molecule has 0 bridgehead atoms. The second-order valence-corrected chi connectivity index (χ2v) is 6.05. The fourth-order valence-corrected chi connectivity index (χ4v) is 2.98. The summed E-state index contributed by atoms with van der Waals surface area (Å²) in [5.74, 6) is 0.105. The summed E-state index contributed by atoms with van der Waals surface area (Å²) >= 11 is 3.57. The maximum atomic E-state index is 12.6. The van der Waals surface area contributed by atoms with E-state index >= 15 is 0 Å². The molecule has 2 aromatic rings. The van der Waals surface area contributed by atoms with Crippen molar-refractivity contribution in [3.63, 3.8) is 0 Å². The normalized spacial score (nSPS) is 14.3. The van der Waals surface area contributed by atoms with Gasteiger partial charge >= 0.3 is 0 Å². The Hall–Kier alpha value is -1.61. The van der Waals surface area contributed by atoms with Crippen molar-refractivity contribution in [1.29, 1.82) is 0 Å². The third-order valence-corrected chi connectivity index (χ3v) is 5.08. The third-order valence-electron chi connectivity index (χ3n) is 3.83. The Morgan fingerprint density at radius 3 is 2.45 bits per heavy atom. The van der Waals surface area contributed by atoms with E-state index in [4.69, 9.17) is 0 Å². The van der Waals surface area contributed by atoms with Crippen molar-refractivity contribution in [2.24, 2.45) is 0 Å². The molecule has 0 aliphatic carbocycles. The van der Waals surface area contributed by atoms with E-state index in [9.17, 15) is 4.79 Å². The molecule has 1 aliphatic heterocycles. The second kappa shape index (κ2) is 5.06. The molecule has 0 atom stereocenters. The minimum Gasteiger partial charge on any atom is -0.308 e. The van der Waals surface area contributed by atoms with Crippen molar-refractivity contribution in [3.8, 4) is 0 Å². The number of anilines is 1. The Kier molecular flexibility index (Phi) is 3.38. The topological polar surface area (TPSA) is 20.3 Å². The van der Waals surface area contributed by atoms with Crippen molar-refractivity contribution < 1.29 is 4.79 Å². The van der Waals surface area contributed by atoms with Crippen LogP contribution in [-0.4, -0.2) is 12.5 Å². The third kappa shape index (κ3) is 2.16. The predicted molar refractivity (Wildman–Crippen MR) is 85.4 cm³/mol. The largest absolute Gasteiger partial charge is 0.308 e. The van der Waals surface area contributed by atoms with Crippen LogP contribution in [0.3, 0.4) is 0 Å². The quantitative estimate of drug-likeness (QED) is 0.765. The number of fused-ring (bicyclic) bond motifs is 1. The van der Waals surface area contributed by atoms with Gasteiger partial charge in [0.05, 0.1) is 0 Å². The first-order valence-corrected chi connectivity index (χ1v) is 7.54. The van der Waals surface area contributed by atoms with E-state index < -0.39 is 0 Å². The van der Waals surface area contributed by atoms with E-state index in [0.29, 0.717) is 0 Å². The van der Waals surface area contributed by atoms with Crippen LogP contribution in [-0.2, 0) is 6.42 Å². The van der Waals surface area contributed by atoms with Crippen LogP contribution in [0.25, 0.3) is 0 Å². The van der Waals surface area contributed by atoms with Crippen LogP contribution < -0.4 is 4.90 Å². The molecule has 1 heterocycles. The average molecular weight is 330 g/mol. The summed E-state index contributed by atoms with van der Waals surface area (Å²) in [6.45, 7) is 4.86. The fourth-order valence-electron chi connectivity index (χ4n) is 2.75. The molecule has 3 rings (SSSR count). The number of halogens is 1. The predicted octanol–water partition coefficient (Wildman–Crippen LogP) is 4.27. The van der Waals surface area contributed by atoms with E-state index in [-0.39, 0.29) is 5.91 Å². The van der Waals surface area contributed by atoms with Gasteiger partial charge < -0.3 is 4.90 Å². The summed E-state index contributed by atoms with van der Waals surface area (Å²) in [6.07, 6.45) is 0.913. The highest BCUT2D eigenvalue weighted by atomic mass is 79.9. The maximum Gasteiger partial charge on any atom is 0.258 e. The molecule has 0 saturated carbocycles. The van der Waals surface area contributed by atoms with Gasteiger partial charge in [-0.1, -0.05) is 34.1 Å². The smallest absolute Gasteiger partial charge is 0.258 e. The molecule has 3 heteroatoms. The molecule has 0 aromatic heterocycles. The lowest BCUT2D eigenvalue weighted by Gasteiger charge is -2.29. The van der Waals surface area contributed by atoms with E-state index in [1.807, 2.05) is 29.2 Å². The molecule has 0 unspecified atom stereocenters. The molecule has 0 radical (unpaired) electrons. The fraction of sp³-hybridized carbons (Fsp3) is 0.235. The lowest BCUT2D eigenvalue weighted by Crippen LogP contribution is -2.37. The monoisotopic (exact) mass is 329 g/mol. The van der Waals surface area contributed by atoms with Gasteiger partial charge in [-0.2, -0.15) is 0 Å². The summed E-state index contributed by atoms with van der Waals surface area (Å²) in [4.78, 5) is 14.5. The molecule has 0 saturated heterocycles. The van der Waals surface area contributed by atoms with Crippen molar-refractivity contribution >= 4 is 27.5 Å². The molecular formula is C17H16BrNO. The molecule has 2 aromatic carbocycles. The van der Waals surface area contributed by atoms with Crippen LogP contribution in [0.1, 0.15) is 27.0 Å². The first kappa shape index (κ1) is 13.4. The van der Waals surface area contributed by atoms with Crippen molar-refractivity contribution in [2.45, 2.75) is 20.3 Å². The SMILES string of the molecule is Cc1cc(N2CCc3ccccc3C2=O)cc(C)c1Br. The lowest BCUT2D eigenvalue weighted by atomic mass is 9.98. The molecule has 0 spiro atoms. The highest BCUT2D eigenvalue weighted by Gasteiger charge is 2.25. The van der Waals surface area contributed by atoms with Crippen LogP contribution in [0.5, 0.6) is 0 Å². The van der Waals surface area contributed by atoms with Gasteiger partial charge in [-0.15, -0.1) is 0 Å². The number of aryl methyl sites for hydroxylation is 2. The van der Waals surface area contributed by atoms with Gasteiger partial charge in [0.25, 0.3) is 5.91 Å². The zero-order chi connectivity index (χ0) is 14.3. The standard InChI is InChI=1S/C17H16BrNO/c1-11-9-14(10-12(2)16(11)18)19-8-7-13-5-3-4-6-15(13)17(19)20/h3-6,9-10H,7-8H2,1-2H3. The Morgan fingerprint density at radius 2 is 1.75 bits per heavy atom. The highest BCUT2D eigenvalue weighted by Crippen LogP contribution is 2.30. The Balaban J connectivity index is 2.03. The number of carbonyl (C=O) groups is 1. The van der Waals surface area contributed by atoms with Crippen LogP contribution >= 0.6 is 15.9 Å². The van der Waals surface area contributed by atoms with Gasteiger partial charge in [0, 0.05) is 22.3 Å². The number of amides is 1. The first-order valence-electron chi connectivity index (χ1n) is 6.74. The van der Waals surface area contributed by atoms with Gasteiger partial charge in [0.2, 0.25) is 0 Å². The Labute approximate surface area is 127 Å². The number of nitrogens with zero attached hydrogens (tertiary/aromatic N) is 1. The number of hydrogen-bond acceptors (Lipinski definition) is 1. The minimum absolute atomic E-state index is 0.105. The van der Waals surface area contributed by atoms with Gasteiger partial charge in [-0.3, -0.25) is 4.79 Å². The average Bonchev–Trinajstić information content (AvgIpc) is 2.45. The van der Waals surface area contributed by atoms with Crippen LogP contribution in [0, 0.1) is 13.8 Å². The molecule has 2 nitrogen and oxygen atoms in total. The van der Waals surface area contributed by atoms with Gasteiger partial charge in [-0.25, -0.2) is 0 Å².